The van der Waals surface area contributed by atoms with E-state index >= 15 is 0 Å². The van der Waals surface area contributed by atoms with Crippen LogP contribution < -0.4 is 14.4 Å². The lowest BCUT2D eigenvalue weighted by Crippen LogP contribution is -2.41. The average molecular weight is 415 g/mol. The van der Waals surface area contributed by atoms with Crippen LogP contribution in [0.5, 0.6) is 5.75 Å². The maximum atomic E-state index is 13.2. The minimum absolute atomic E-state index is 0.0542. The molecule has 0 radical (unpaired) electrons. The molecule has 2 aliphatic rings. The van der Waals surface area contributed by atoms with E-state index in [4.69, 9.17) is 4.74 Å². The van der Waals surface area contributed by atoms with Gasteiger partial charge in [-0.05, 0) is 50.1 Å². The number of para-hydroxylation sites is 1. The van der Waals surface area contributed by atoms with Gasteiger partial charge in [-0.3, -0.25) is 4.79 Å². The summed E-state index contributed by atoms with van der Waals surface area (Å²) in [4.78, 5) is 14.0. The minimum atomic E-state index is -3.73. The summed E-state index contributed by atoms with van der Waals surface area (Å²) >= 11 is 0. The summed E-state index contributed by atoms with van der Waals surface area (Å²) in [6, 6.07) is 12.2. The number of amides is 1. The number of sulfonamides is 1. The number of nitrogens with one attached hydrogen (secondary N) is 1. The molecule has 0 aromatic heterocycles. The highest BCUT2D eigenvalue weighted by molar-refractivity contribution is 7.89. The molecular weight excluding hydrogens is 388 g/mol. The van der Waals surface area contributed by atoms with E-state index in [-0.39, 0.29) is 16.8 Å². The van der Waals surface area contributed by atoms with Crippen LogP contribution in [0.2, 0.25) is 0 Å². The SMILES string of the molecule is CCC(=O)N1CCc2cc(S(=O)(=O)N[C@@H]3CC(C)(C)Oc4ccccc43)ccc21. The fourth-order valence-corrected chi connectivity index (χ4v) is 5.42. The molecule has 7 heteroatoms. The number of hydrogen-bond donors (Lipinski definition) is 1. The zero-order valence-electron chi connectivity index (χ0n) is 16.9. The predicted octanol–water partition coefficient (Wildman–Crippen LogP) is 3.57. The van der Waals surface area contributed by atoms with Gasteiger partial charge in [0.2, 0.25) is 15.9 Å². The van der Waals surface area contributed by atoms with Gasteiger partial charge in [0.1, 0.15) is 11.4 Å². The molecule has 1 amide bonds. The Morgan fingerprint density at radius 2 is 2.00 bits per heavy atom. The summed E-state index contributed by atoms with van der Waals surface area (Å²) in [5.74, 6) is 0.762. The fraction of sp³-hybridized carbons (Fsp3) is 0.409. The number of fused-ring (bicyclic) bond motifs is 2. The second kappa shape index (κ2) is 7.15. The predicted molar refractivity (Wildman–Crippen MR) is 112 cm³/mol. The van der Waals surface area contributed by atoms with Crippen LogP contribution in [0.1, 0.15) is 50.8 Å². The molecule has 1 atom stereocenters. The molecule has 2 aromatic carbocycles. The van der Waals surface area contributed by atoms with Crippen LogP contribution in [0.25, 0.3) is 0 Å². The normalized spacial score (nSPS) is 20.0. The zero-order chi connectivity index (χ0) is 20.8. The molecule has 2 aliphatic heterocycles. The Kier molecular flexibility index (Phi) is 4.91. The van der Waals surface area contributed by atoms with Crippen LogP contribution in [0.4, 0.5) is 5.69 Å². The lowest BCUT2D eigenvalue weighted by molar-refractivity contribution is -0.118. The third-order valence-corrected chi connectivity index (χ3v) is 7.00. The highest BCUT2D eigenvalue weighted by atomic mass is 32.2. The van der Waals surface area contributed by atoms with E-state index in [9.17, 15) is 13.2 Å². The molecule has 0 fully saturated rings. The van der Waals surface area contributed by atoms with E-state index in [0.29, 0.717) is 31.6 Å². The van der Waals surface area contributed by atoms with Gasteiger partial charge in [0.25, 0.3) is 0 Å². The summed E-state index contributed by atoms with van der Waals surface area (Å²) in [7, 11) is -3.73. The standard InChI is InChI=1S/C22H26N2O4S/c1-4-21(25)24-12-11-15-13-16(9-10-19(15)24)29(26,27)23-18-14-22(2,3)28-20-8-6-5-7-17(18)20/h5-10,13,18,23H,4,11-12,14H2,1-3H3/t18-/m1/s1. The second-order valence-electron chi connectivity index (χ2n) is 8.22. The van der Waals surface area contributed by atoms with Crippen molar-refractivity contribution in [3.63, 3.8) is 0 Å². The number of anilines is 1. The number of ether oxygens (including phenoxy) is 1. The Balaban J connectivity index is 1.63. The van der Waals surface area contributed by atoms with E-state index < -0.39 is 15.6 Å². The molecule has 0 spiro atoms. The molecule has 0 saturated carbocycles. The van der Waals surface area contributed by atoms with E-state index in [0.717, 1.165) is 16.8 Å². The Morgan fingerprint density at radius 1 is 1.24 bits per heavy atom. The van der Waals surface area contributed by atoms with Crippen molar-refractivity contribution in [3.8, 4) is 5.75 Å². The third-order valence-electron chi connectivity index (χ3n) is 5.53. The number of benzene rings is 2. The van der Waals surface area contributed by atoms with Gasteiger partial charge in [-0.2, -0.15) is 0 Å². The minimum Gasteiger partial charge on any atom is -0.487 e. The molecule has 6 nitrogen and oxygen atoms in total. The summed E-state index contributed by atoms with van der Waals surface area (Å²) in [6.45, 7) is 6.34. The number of carbonyl (C=O) groups is 1. The number of hydrogen-bond acceptors (Lipinski definition) is 4. The first-order chi connectivity index (χ1) is 13.7. The molecule has 154 valence electrons. The maximum Gasteiger partial charge on any atom is 0.241 e. The Morgan fingerprint density at radius 3 is 2.76 bits per heavy atom. The van der Waals surface area contributed by atoms with Gasteiger partial charge in [-0.1, -0.05) is 25.1 Å². The summed E-state index contributed by atoms with van der Waals surface area (Å²) in [5.41, 5.74) is 2.08. The molecule has 2 heterocycles. The third kappa shape index (κ3) is 3.76. The van der Waals surface area contributed by atoms with Crippen LogP contribution in [-0.2, 0) is 21.2 Å². The smallest absolute Gasteiger partial charge is 0.241 e. The van der Waals surface area contributed by atoms with Crippen molar-refractivity contribution < 1.29 is 17.9 Å². The van der Waals surface area contributed by atoms with E-state index in [1.54, 1.807) is 23.1 Å². The summed E-state index contributed by atoms with van der Waals surface area (Å²) in [5, 5.41) is 0. The lowest BCUT2D eigenvalue weighted by Gasteiger charge is -2.37. The van der Waals surface area contributed by atoms with Crippen molar-refractivity contribution in [3.05, 3.63) is 53.6 Å². The largest absolute Gasteiger partial charge is 0.487 e. The van der Waals surface area contributed by atoms with E-state index in [1.807, 2.05) is 45.0 Å². The lowest BCUT2D eigenvalue weighted by atomic mass is 9.90. The van der Waals surface area contributed by atoms with Gasteiger partial charge in [-0.15, -0.1) is 0 Å². The molecular formula is C22H26N2O4S. The van der Waals surface area contributed by atoms with Crippen LogP contribution in [-0.4, -0.2) is 26.5 Å². The van der Waals surface area contributed by atoms with Gasteiger partial charge in [0.05, 0.1) is 10.9 Å². The first-order valence-corrected chi connectivity index (χ1v) is 11.4. The molecule has 0 unspecified atom stereocenters. The van der Waals surface area contributed by atoms with Crippen molar-refractivity contribution in [2.24, 2.45) is 0 Å². The number of rotatable bonds is 4. The molecule has 4 rings (SSSR count). The van der Waals surface area contributed by atoms with Crippen molar-refractivity contribution in [2.45, 2.75) is 56.6 Å². The molecule has 2 aromatic rings. The Labute approximate surface area is 171 Å². The zero-order valence-corrected chi connectivity index (χ0v) is 17.8. The van der Waals surface area contributed by atoms with Crippen LogP contribution in [0.15, 0.2) is 47.4 Å². The van der Waals surface area contributed by atoms with Crippen molar-refractivity contribution in [1.29, 1.82) is 0 Å². The summed E-state index contributed by atoms with van der Waals surface area (Å²) in [6.07, 6.45) is 1.63. The van der Waals surface area contributed by atoms with Crippen molar-refractivity contribution in [1.82, 2.24) is 4.72 Å². The Hall–Kier alpha value is -2.38. The van der Waals surface area contributed by atoms with Crippen LogP contribution >= 0.6 is 0 Å². The average Bonchev–Trinajstić information content (AvgIpc) is 3.09. The highest BCUT2D eigenvalue weighted by Crippen LogP contribution is 2.40. The van der Waals surface area contributed by atoms with Gasteiger partial charge >= 0.3 is 0 Å². The molecule has 0 bridgehead atoms. The van der Waals surface area contributed by atoms with Crippen LogP contribution in [0, 0.1) is 0 Å². The van der Waals surface area contributed by atoms with E-state index in [2.05, 4.69) is 4.72 Å². The van der Waals surface area contributed by atoms with Gasteiger partial charge in [0.15, 0.2) is 0 Å². The van der Waals surface area contributed by atoms with E-state index in [1.165, 1.54) is 0 Å². The molecule has 0 saturated heterocycles. The number of carbonyl (C=O) groups excluding carboxylic acids is 1. The highest BCUT2D eigenvalue weighted by Gasteiger charge is 2.36. The van der Waals surface area contributed by atoms with Crippen molar-refractivity contribution >= 4 is 21.6 Å². The van der Waals surface area contributed by atoms with Gasteiger partial charge in [0, 0.05) is 30.6 Å². The first kappa shape index (κ1) is 19.9. The van der Waals surface area contributed by atoms with Gasteiger partial charge < -0.3 is 9.64 Å². The van der Waals surface area contributed by atoms with Crippen LogP contribution in [0.3, 0.4) is 0 Å². The Bertz CT molecular complexity index is 1060. The number of nitrogens with zero attached hydrogens (tertiary/aromatic N) is 1. The molecule has 1 N–H and O–H groups in total. The molecule has 0 aliphatic carbocycles. The second-order valence-corrected chi connectivity index (χ2v) is 9.93. The fourth-order valence-electron chi connectivity index (χ4n) is 4.16. The molecule has 29 heavy (non-hydrogen) atoms. The van der Waals surface area contributed by atoms with Crippen molar-refractivity contribution in [2.75, 3.05) is 11.4 Å². The first-order valence-electron chi connectivity index (χ1n) is 9.94. The quantitative estimate of drug-likeness (QED) is 0.830. The monoisotopic (exact) mass is 414 g/mol. The maximum absolute atomic E-state index is 13.2. The topological polar surface area (TPSA) is 75.7 Å². The summed E-state index contributed by atoms with van der Waals surface area (Å²) < 4.78 is 35.2. The van der Waals surface area contributed by atoms with Gasteiger partial charge in [-0.25, -0.2) is 13.1 Å².